The topological polar surface area (TPSA) is 51.0 Å². The number of nitrogens with zero attached hydrogens (tertiary/aromatic N) is 2. The zero-order valence-electron chi connectivity index (χ0n) is 12.2. The molecule has 110 valence electrons. The van der Waals surface area contributed by atoms with Gasteiger partial charge in [-0.3, -0.25) is 4.79 Å². The van der Waals surface area contributed by atoms with Gasteiger partial charge in [0.25, 0.3) is 0 Å². The van der Waals surface area contributed by atoms with Crippen LogP contribution in [0.5, 0.6) is 0 Å². The van der Waals surface area contributed by atoms with Gasteiger partial charge in [-0.05, 0) is 11.5 Å². The molecule has 0 bridgehead atoms. The number of carbonyl (C=O) groups excluding carboxylic acids is 2. The summed E-state index contributed by atoms with van der Waals surface area (Å²) in [5, 5.41) is 0. The summed E-state index contributed by atoms with van der Waals surface area (Å²) in [4.78, 5) is 28.8. The van der Waals surface area contributed by atoms with Crippen molar-refractivity contribution in [3.05, 3.63) is 47.3 Å². The minimum absolute atomic E-state index is 0.100. The molecule has 1 saturated heterocycles. The van der Waals surface area contributed by atoms with Crippen molar-refractivity contribution in [1.82, 2.24) is 4.90 Å². The highest BCUT2D eigenvalue weighted by Crippen LogP contribution is 2.22. The highest BCUT2D eigenvalue weighted by atomic mass is 16.6. The fourth-order valence-electron chi connectivity index (χ4n) is 2.37. The summed E-state index contributed by atoms with van der Waals surface area (Å²) in [6, 6.07) is 8.17. The molecule has 21 heavy (non-hydrogen) atoms. The smallest absolute Gasteiger partial charge is 0.417 e. The van der Waals surface area contributed by atoms with Gasteiger partial charge in [0.05, 0.1) is 12.5 Å². The predicted octanol–water partition coefficient (Wildman–Crippen LogP) is 2.52. The maximum absolute atomic E-state index is 12.5. The largest absolute Gasteiger partial charge is 0.447 e. The standard InChI is InChI=1S/C16H18N2O3/c1-11(2)14-10-21-16(20)18(14)15(19)13(17-3)9-12-7-5-4-6-8-12/h4-8,11,13-14H,9-10H2,1-2H3/t13-,14-/m1/s1. The van der Waals surface area contributed by atoms with Crippen LogP contribution in [0.2, 0.25) is 0 Å². The Balaban J connectivity index is 2.16. The highest BCUT2D eigenvalue weighted by molar-refractivity contribution is 5.97. The van der Waals surface area contributed by atoms with E-state index in [1.165, 1.54) is 0 Å². The normalized spacial score (nSPS) is 19.2. The molecule has 1 heterocycles. The number of hydrogen-bond donors (Lipinski definition) is 0. The zero-order chi connectivity index (χ0) is 15.4. The van der Waals surface area contributed by atoms with E-state index in [1.54, 1.807) is 0 Å². The van der Waals surface area contributed by atoms with E-state index in [1.807, 2.05) is 44.2 Å². The number of benzene rings is 1. The summed E-state index contributed by atoms with van der Waals surface area (Å²) in [5.74, 6) is -0.362. The fraction of sp³-hybridized carbons (Fsp3) is 0.438. The second-order valence-corrected chi connectivity index (χ2v) is 5.43. The van der Waals surface area contributed by atoms with Crippen LogP contribution in [-0.2, 0) is 16.0 Å². The Labute approximate surface area is 124 Å². The predicted molar refractivity (Wildman–Crippen MR) is 77.4 cm³/mol. The van der Waals surface area contributed by atoms with Crippen molar-refractivity contribution in [2.75, 3.05) is 6.61 Å². The minimum Gasteiger partial charge on any atom is -0.447 e. The van der Waals surface area contributed by atoms with Crippen molar-refractivity contribution >= 4 is 12.0 Å². The monoisotopic (exact) mass is 286 g/mol. The first-order valence-electron chi connectivity index (χ1n) is 6.95. The van der Waals surface area contributed by atoms with Gasteiger partial charge in [-0.25, -0.2) is 16.3 Å². The average molecular weight is 286 g/mol. The third-order valence-electron chi connectivity index (χ3n) is 3.63. The molecule has 1 aromatic carbocycles. The van der Waals surface area contributed by atoms with Gasteiger partial charge in [0.1, 0.15) is 6.61 Å². The number of cyclic esters (lactones) is 1. The fourth-order valence-corrected chi connectivity index (χ4v) is 2.37. The first kappa shape index (κ1) is 15.0. The second-order valence-electron chi connectivity index (χ2n) is 5.43. The van der Waals surface area contributed by atoms with Crippen molar-refractivity contribution < 1.29 is 14.3 Å². The lowest BCUT2D eigenvalue weighted by Gasteiger charge is -2.22. The van der Waals surface area contributed by atoms with Gasteiger partial charge >= 0.3 is 18.0 Å². The average Bonchev–Trinajstić information content (AvgIpc) is 2.87. The van der Waals surface area contributed by atoms with E-state index in [2.05, 4.69) is 4.85 Å². The summed E-state index contributed by atoms with van der Waals surface area (Å²) in [6.07, 6.45) is -0.335. The molecule has 1 aliphatic heterocycles. The van der Waals surface area contributed by atoms with Crippen molar-refractivity contribution in [1.29, 1.82) is 0 Å². The quantitative estimate of drug-likeness (QED) is 0.799. The van der Waals surface area contributed by atoms with Crippen LogP contribution >= 0.6 is 0 Å². The Morgan fingerprint density at radius 1 is 1.43 bits per heavy atom. The summed E-state index contributed by atoms with van der Waals surface area (Å²) in [6.45, 7) is 11.3. The molecule has 2 rings (SSSR count). The van der Waals surface area contributed by atoms with Crippen LogP contribution in [0.25, 0.3) is 4.85 Å². The Morgan fingerprint density at radius 3 is 2.67 bits per heavy atom. The molecule has 0 spiro atoms. The molecule has 0 aliphatic carbocycles. The van der Waals surface area contributed by atoms with Gasteiger partial charge in [0.15, 0.2) is 0 Å². The van der Waals surface area contributed by atoms with Crippen LogP contribution in [0.4, 0.5) is 4.79 Å². The number of amides is 2. The van der Waals surface area contributed by atoms with E-state index in [9.17, 15) is 9.59 Å². The van der Waals surface area contributed by atoms with E-state index in [0.717, 1.165) is 10.5 Å². The minimum atomic E-state index is -0.890. The van der Waals surface area contributed by atoms with Crippen LogP contribution in [0.1, 0.15) is 19.4 Å². The third kappa shape index (κ3) is 3.22. The number of hydrogen-bond acceptors (Lipinski definition) is 3. The van der Waals surface area contributed by atoms with Crippen molar-refractivity contribution in [3.8, 4) is 0 Å². The molecular formula is C16H18N2O3. The molecule has 1 aromatic rings. The van der Waals surface area contributed by atoms with Crippen LogP contribution in [0, 0.1) is 12.5 Å². The second kappa shape index (κ2) is 6.40. The van der Waals surface area contributed by atoms with Crippen molar-refractivity contribution in [3.63, 3.8) is 0 Å². The van der Waals surface area contributed by atoms with Crippen LogP contribution in [-0.4, -0.2) is 35.6 Å². The molecule has 0 unspecified atom stereocenters. The lowest BCUT2D eigenvalue weighted by Crippen LogP contribution is -2.46. The van der Waals surface area contributed by atoms with E-state index in [-0.39, 0.29) is 18.6 Å². The van der Waals surface area contributed by atoms with Gasteiger partial charge < -0.3 is 9.58 Å². The molecule has 5 heteroatoms. The lowest BCUT2D eigenvalue weighted by molar-refractivity contribution is -0.130. The molecular weight excluding hydrogens is 268 g/mol. The lowest BCUT2D eigenvalue weighted by atomic mass is 10.0. The number of rotatable bonds is 4. The molecule has 1 fully saturated rings. The van der Waals surface area contributed by atoms with E-state index < -0.39 is 18.0 Å². The summed E-state index contributed by atoms with van der Waals surface area (Å²) < 4.78 is 4.97. The van der Waals surface area contributed by atoms with Crippen molar-refractivity contribution in [2.24, 2.45) is 5.92 Å². The van der Waals surface area contributed by atoms with Gasteiger partial charge in [-0.1, -0.05) is 44.2 Å². The van der Waals surface area contributed by atoms with Gasteiger partial charge in [-0.2, -0.15) is 0 Å². The van der Waals surface area contributed by atoms with E-state index >= 15 is 0 Å². The van der Waals surface area contributed by atoms with Crippen molar-refractivity contribution in [2.45, 2.75) is 32.4 Å². The Morgan fingerprint density at radius 2 is 2.10 bits per heavy atom. The molecule has 2 amide bonds. The Kier molecular flexibility index (Phi) is 4.59. The third-order valence-corrected chi connectivity index (χ3v) is 3.63. The molecule has 0 aromatic heterocycles. The number of imide groups is 1. The molecule has 5 nitrogen and oxygen atoms in total. The number of ether oxygens (including phenoxy) is 1. The van der Waals surface area contributed by atoms with Crippen LogP contribution in [0.15, 0.2) is 30.3 Å². The molecule has 0 saturated carbocycles. The van der Waals surface area contributed by atoms with Gasteiger partial charge in [0, 0.05) is 0 Å². The zero-order valence-corrected chi connectivity index (χ0v) is 12.2. The molecule has 0 radical (unpaired) electrons. The summed E-state index contributed by atoms with van der Waals surface area (Å²) >= 11 is 0. The van der Waals surface area contributed by atoms with Crippen LogP contribution < -0.4 is 0 Å². The number of carbonyl (C=O) groups is 2. The van der Waals surface area contributed by atoms with Crippen LogP contribution in [0.3, 0.4) is 0 Å². The SMILES string of the molecule is [C-]#[N+][C@H](Cc1ccccc1)C(=O)N1C(=O)OC[C@@H]1C(C)C. The molecule has 0 N–H and O–H groups in total. The first-order chi connectivity index (χ1) is 10.0. The van der Waals surface area contributed by atoms with E-state index in [0.29, 0.717) is 6.42 Å². The van der Waals surface area contributed by atoms with Gasteiger partial charge in [-0.15, -0.1) is 0 Å². The Bertz CT molecular complexity index is 563. The van der Waals surface area contributed by atoms with E-state index in [4.69, 9.17) is 11.3 Å². The molecule has 2 atom stereocenters. The van der Waals surface area contributed by atoms with Gasteiger partial charge in [0.2, 0.25) is 0 Å². The first-order valence-corrected chi connectivity index (χ1v) is 6.95. The Hall–Kier alpha value is -2.35. The molecule has 1 aliphatic rings. The highest BCUT2D eigenvalue weighted by Gasteiger charge is 2.44. The maximum atomic E-state index is 12.5. The summed E-state index contributed by atoms with van der Waals surface area (Å²) in [5.41, 5.74) is 0.903. The maximum Gasteiger partial charge on any atom is 0.417 e. The summed E-state index contributed by atoms with van der Waals surface area (Å²) in [7, 11) is 0.